The minimum Gasteiger partial charge on any atom is -0.496 e. The van der Waals surface area contributed by atoms with E-state index in [9.17, 15) is 18.0 Å². The predicted octanol–water partition coefficient (Wildman–Crippen LogP) is 3.14. The van der Waals surface area contributed by atoms with E-state index < -0.39 is 17.5 Å². The van der Waals surface area contributed by atoms with Crippen LogP contribution in [0.5, 0.6) is 5.75 Å². The van der Waals surface area contributed by atoms with Crippen LogP contribution in [0.3, 0.4) is 0 Å². The van der Waals surface area contributed by atoms with Gasteiger partial charge in [0.2, 0.25) is 0 Å². The topological polar surface area (TPSA) is 26.3 Å². The zero-order valence-electron chi connectivity index (χ0n) is 8.27. The first kappa shape index (κ1) is 12.8. The number of carbonyl (C=O) groups excluding carboxylic acids is 1. The predicted molar refractivity (Wildman–Crippen MR) is 53.0 cm³/mol. The third-order valence-electron chi connectivity index (χ3n) is 1.95. The van der Waals surface area contributed by atoms with Crippen LogP contribution in [-0.4, -0.2) is 18.8 Å². The van der Waals surface area contributed by atoms with Crippen LogP contribution >= 0.6 is 11.6 Å². The van der Waals surface area contributed by atoms with Gasteiger partial charge in [-0.25, -0.2) is 0 Å². The van der Waals surface area contributed by atoms with Crippen LogP contribution in [0, 0.1) is 0 Å². The molecule has 0 aliphatic carbocycles. The fraction of sp³-hybridized carbons (Fsp3) is 0.300. The summed E-state index contributed by atoms with van der Waals surface area (Å²) >= 11 is 5.30. The number of benzene rings is 1. The minimum absolute atomic E-state index is 0.0971. The van der Waals surface area contributed by atoms with E-state index in [0.29, 0.717) is 0 Å². The van der Waals surface area contributed by atoms with Crippen LogP contribution < -0.4 is 4.74 Å². The van der Waals surface area contributed by atoms with Gasteiger partial charge in [0.1, 0.15) is 5.75 Å². The Morgan fingerprint density at radius 1 is 1.44 bits per heavy atom. The molecule has 0 bridgehead atoms. The third kappa shape index (κ3) is 2.66. The number of hydrogen-bond acceptors (Lipinski definition) is 2. The number of methoxy groups -OCH3 is 1. The van der Waals surface area contributed by atoms with Gasteiger partial charge in [-0.3, -0.25) is 4.79 Å². The monoisotopic (exact) mass is 252 g/mol. The summed E-state index contributed by atoms with van der Waals surface area (Å²) in [6.45, 7) is 0. The van der Waals surface area contributed by atoms with Gasteiger partial charge in [-0.2, -0.15) is 13.2 Å². The molecule has 0 spiro atoms. The maximum Gasteiger partial charge on any atom is 0.419 e. The number of alkyl halides is 4. The highest BCUT2D eigenvalue weighted by molar-refractivity contribution is 6.30. The molecule has 6 heteroatoms. The lowest BCUT2D eigenvalue weighted by Crippen LogP contribution is -2.09. The van der Waals surface area contributed by atoms with Crippen molar-refractivity contribution in [2.24, 2.45) is 0 Å². The second-order valence-electron chi connectivity index (χ2n) is 2.97. The van der Waals surface area contributed by atoms with Crippen molar-refractivity contribution < 1.29 is 22.7 Å². The molecule has 0 unspecified atom stereocenters. The highest BCUT2D eigenvalue weighted by Gasteiger charge is 2.34. The van der Waals surface area contributed by atoms with Crippen LogP contribution in [0.1, 0.15) is 15.9 Å². The van der Waals surface area contributed by atoms with Gasteiger partial charge in [-0.15, -0.1) is 11.6 Å². The van der Waals surface area contributed by atoms with E-state index in [2.05, 4.69) is 4.74 Å². The highest BCUT2D eigenvalue weighted by atomic mass is 35.5. The minimum atomic E-state index is -4.51. The lowest BCUT2D eigenvalue weighted by Gasteiger charge is -2.12. The lowest BCUT2D eigenvalue weighted by atomic mass is 10.1. The van der Waals surface area contributed by atoms with Crippen LogP contribution in [0.2, 0.25) is 0 Å². The molecule has 0 saturated heterocycles. The molecule has 1 aromatic carbocycles. The summed E-state index contributed by atoms with van der Waals surface area (Å²) < 4.78 is 42.0. The number of rotatable bonds is 3. The number of hydrogen-bond donors (Lipinski definition) is 0. The number of ketones is 1. The Kier molecular flexibility index (Phi) is 3.80. The standard InChI is InChI=1S/C10H8ClF3O2/c1-16-9-4-6(8(15)5-11)2-3-7(9)10(12,13)14/h2-4H,5H2,1H3. The highest BCUT2D eigenvalue weighted by Crippen LogP contribution is 2.36. The van der Waals surface area contributed by atoms with Gasteiger partial charge in [0.05, 0.1) is 18.6 Å². The van der Waals surface area contributed by atoms with Gasteiger partial charge in [0.25, 0.3) is 0 Å². The molecule has 1 aromatic rings. The summed E-state index contributed by atoms with van der Waals surface area (Å²) in [6.07, 6.45) is -4.51. The molecular formula is C10H8ClF3O2. The Bertz CT molecular complexity index is 402. The summed E-state index contributed by atoms with van der Waals surface area (Å²) in [6, 6.07) is 2.92. The van der Waals surface area contributed by atoms with Crippen molar-refractivity contribution in [1.82, 2.24) is 0 Å². The number of ether oxygens (including phenoxy) is 1. The zero-order valence-corrected chi connectivity index (χ0v) is 9.02. The summed E-state index contributed by atoms with van der Waals surface area (Å²) in [5, 5.41) is 0. The fourth-order valence-electron chi connectivity index (χ4n) is 1.18. The maximum atomic E-state index is 12.5. The molecule has 0 N–H and O–H groups in total. The second-order valence-corrected chi connectivity index (χ2v) is 3.24. The van der Waals surface area contributed by atoms with E-state index in [1.165, 1.54) is 0 Å². The number of halogens is 4. The summed E-state index contributed by atoms with van der Waals surface area (Å²) in [4.78, 5) is 11.2. The second kappa shape index (κ2) is 4.74. The molecule has 0 aliphatic heterocycles. The Hall–Kier alpha value is -1.23. The molecule has 0 heterocycles. The molecule has 0 fully saturated rings. The summed E-state index contributed by atoms with van der Waals surface area (Å²) in [5.41, 5.74) is -0.819. The lowest BCUT2D eigenvalue weighted by molar-refractivity contribution is -0.138. The molecule has 1 rings (SSSR count). The SMILES string of the molecule is COc1cc(C(=O)CCl)ccc1C(F)(F)F. The Balaban J connectivity index is 3.22. The van der Waals surface area contributed by atoms with Crippen LogP contribution in [-0.2, 0) is 6.18 Å². The summed E-state index contributed by atoms with van der Waals surface area (Å²) in [7, 11) is 1.11. The molecular weight excluding hydrogens is 245 g/mol. The quantitative estimate of drug-likeness (QED) is 0.610. The third-order valence-corrected chi connectivity index (χ3v) is 2.19. The van der Waals surface area contributed by atoms with E-state index in [-0.39, 0.29) is 17.2 Å². The average molecular weight is 253 g/mol. The van der Waals surface area contributed by atoms with Crippen molar-refractivity contribution in [3.63, 3.8) is 0 Å². The Morgan fingerprint density at radius 3 is 2.50 bits per heavy atom. The van der Waals surface area contributed by atoms with Gasteiger partial charge in [-0.1, -0.05) is 6.07 Å². The fourth-order valence-corrected chi connectivity index (χ4v) is 1.33. The molecule has 0 aliphatic rings. The smallest absolute Gasteiger partial charge is 0.419 e. The Morgan fingerprint density at radius 2 is 2.06 bits per heavy atom. The first-order chi connectivity index (χ1) is 7.40. The molecule has 0 saturated carbocycles. The van der Waals surface area contributed by atoms with Crippen molar-refractivity contribution in [1.29, 1.82) is 0 Å². The molecule has 2 nitrogen and oxygen atoms in total. The van der Waals surface area contributed by atoms with E-state index in [1.807, 2.05) is 0 Å². The average Bonchev–Trinajstić information content (AvgIpc) is 2.25. The van der Waals surface area contributed by atoms with Gasteiger partial charge in [-0.05, 0) is 12.1 Å². The molecule has 0 atom stereocenters. The normalized spacial score (nSPS) is 11.3. The van der Waals surface area contributed by atoms with Crippen LogP contribution in [0.15, 0.2) is 18.2 Å². The van der Waals surface area contributed by atoms with Gasteiger partial charge in [0.15, 0.2) is 5.78 Å². The first-order valence-electron chi connectivity index (χ1n) is 4.24. The van der Waals surface area contributed by atoms with Crippen LogP contribution in [0.25, 0.3) is 0 Å². The largest absolute Gasteiger partial charge is 0.496 e. The van der Waals surface area contributed by atoms with E-state index in [4.69, 9.17) is 11.6 Å². The van der Waals surface area contributed by atoms with Crippen molar-refractivity contribution in [3.05, 3.63) is 29.3 Å². The van der Waals surface area contributed by atoms with Crippen LogP contribution in [0.4, 0.5) is 13.2 Å². The van der Waals surface area contributed by atoms with Crippen molar-refractivity contribution in [2.75, 3.05) is 13.0 Å². The van der Waals surface area contributed by atoms with Gasteiger partial charge < -0.3 is 4.74 Å². The van der Waals surface area contributed by atoms with Crippen molar-refractivity contribution in [2.45, 2.75) is 6.18 Å². The van der Waals surface area contributed by atoms with Crippen molar-refractivity contribution >= 4 is 17.4 Å². The van der Waals surface area contributed by atoms with Gasteiger partial charge >= 0.3 is 6.18 Å². The van der Waals surface area contributed by atoms with E-state index >= 15 is 0 Å². The molecule has 0 amide bonds. The van der Waals surface area contributed by atoms with Gasteiger partial charge in [0, 0.05) is 5.56 Å². The molecule has 16 heavy (non-hydrogen) atoms. The molecule has 0 aromatic heterocycles. The molecule has 0 radical (unpaired) electrons. The van der Waals surface area contributed by atoms with E-state index in [0.717, 1.165) is 25.3 Å². The number of Topliss-reactive ketones (excluding diaryl/α,β-unsaturated/α-hetero) is 1. The molecule has 88 valence electrons. The Labute approximate surface area is 95.0 Å². The van der Waals surface area contributed by atoms with E-state index in [1.54, 1.807) is 0 Å². The zero-order chi connectivity index (χ0) is 12.3. The maximum absolute atomic E-state index is 12.5. The van der Waals surface area contributed by atoms with Crippen molar-refractivity contribution in [3.8, 4) is 5.75 Å². The first-order valence-corrected chi connectivity index (χ1v) is 4.78. The number of carbonyl (C=O) groups is 1. The summed E-state index contributed by atoms with van der Waals surface area (Å²) in [5.74, 6) is -1.12.